The fraction of sp³-hybridized carbons (Fsp3) is 0.250. The van der Waals surface area contributed by atoms with E-state index in [0.29, 0.717) is 13.1 Å². The van der Waals surface area contributed by atoms with E-state index < -0.39 is 10.0 Å². The number of rotatable bonds is 5. The molecule has 1 aliphatic rings. The van der Waals surface area contributed by atoms with Crippen molar-refractivity contribution >= 4 is 10.0 Å². The first-order valence-electron chi connectivity index (χ1n) is 8.83. The third kappa shape index (κ3) is 4.04. The largest absolute Gasteiger partial charge is 0.457 e. The van der Waals surface area contributed by atoms with Gasteiger partial charge in [0.2, 0.25) is 10.0 Å². The van der Waals surface area contributed by atoms with E-state index in [1.54, 1.807) is 0 Å². The minimum absolute atomic E-state index is 0.0779. The zero-order valence-corrected chi connectivity index (χ0v) is 15.8. The molecule has 140 valence electrons. The summed E-state index contributed by atoms with van der Waals surface area (Å²) in [7, 11) is -3.14. The van der Waals surface area contributed by atoms with Crippen LogP contribution in [0.15, 0.2) is 66.9 Å². The van der Waals surface area contributed by atoms with Gasteiger partial charge in [-0.05, 0) is 48.9 Å². The molecule has 1 aliphatic heterocycles. The molecule has 0 bridgehead atoms. The fourth-order valence-corrected chi connectivity index (χ4v) is 4.12. The second-order valence-corrected chi connectivity index (χ2v) is 8.67. The molecule has 0 radical (unpaired) electrons. The van der Waals surface area contributed by atoms with Gasteiger partial charge in [-0.2, -0.15) is 9.40 Å². The molecule has 7 heteroatoms. The monoisotopic (exact) mass is 383 g/mol. The zero-order chi connectivity index (χ0) is 18.9. The number of hydrogen-bond acceptors (Lipinski definition) is 4. The van der Waals surface area contributed by atoms with E-state index in [1.165, 1.54) is 10.6 Å². The van der Waals surface area contributed by atoms with Crippen LogP contribution < -0.4 is 4.74 Å². The SMILES string of the molecule is CS(=O)(=O)N1CCC(n2ccc(-c3ccc(Oc4ccccc4)cc3)n2)C1. The molecule has 2 aromatic carbocycles. The van der Waals surface area contributed by atoms with Crippen LogP contribution in [0.5, 0.6) is 11.5 Å². The van der Waals surface area contributed by atoms with Gasteiger partial charge in [-0.15, -0.1) is 0 Å². The van der Waals surface area contributed by atoms with Crippen molar-refractivity contribution in [2.24, 2.45) is 0 Å². The molecular formula is C20H21N3O3S. The maximum Gasteiger partial charge on any atom is 0.211 e. The Balaban J connectivity index is 1.46. The lowest BCUT2D eigenvalue weighted by molar-refractivity contribution is 0.438. The number of benzene rings is 2. The molecule has 1 fully saturated rings. The van der Waals surface area contributed by atoms with Gasteiger partial charge >= 0.3 is 0 Å². The summed E-state index contributed by atoms with van der Waals surface area (Å²) in [6, 6.07) is 19.5. The van der Waals surface area contributed by atoms with Gasteiger partial charge in [0.15, 0.2) is 0 Å². The highest BCUT2D eigenvalue weighted by Crippen LogP contribution is 2.27. The van der Waals surface area contributed by atoms with Crippen LogP contribution in [0.4, 0.5) is 0 Å². The summed E-state index contributed by atoms with van der Waals surface area (Å²) >= 11 is 0. The van der Waals surface area contributed by atoms with Gasteiger partial charge in [0.1, 0.15) is 11.5 Å². The van der Waals surface area contributed by atoms with E-state index in [0.717, 1.165) is 29.2 Å². The number of para-hydroxylation sites is 1. The van der Waals surface area contributed by atoms with Crippen molar-refractivity contribution < 1.29 is 13.2 Å². The van der Waals surface area contributed by atoms with Crippen LogP contribution in [0.25, 0.3) is 11.3 Å². The Morgan fingerprint density at radius 3 is 2.37 bits per heavy atom. The Bertz CT molecular complexity index is 1010. The first-order chi connectivity index (χ1) is 13.0. The lowest BCUT2D eigenvalue weighted by atomic mass is 10.1. The molecule has 4 rings (SSSR count). The van der Waals surface area contributed by atoms with Crippen molar-refractivity contribution in [2.45, 2.75) is 12.5 Å². The molecule has 2 heterocycles. The third-order valence-corrected chi connectivity index (χ3v) is 5.98. The molecule has 0 aliphatic carbocycles. The minimum Gasteiger partial charge on any atom is -0.457 e. The number of ether oxygens (including phenoxy) is 1. The van der Waals surface area contributed by atoms with Crippen molar-refractivity contribution in [3.05, 3.63) is 66.9 Å². The van der Waals surface area contributed by atoms with E-state index in [-0.39, 0.29) is 6.04 Å². The highest BCUT2D eigenvalue weighted by atomic mass is 32.2. The van der Waals surface area contributed by atoms with Gasteiger partial charge in [0.25, 0.3) is 0 Å². The standard InChI is InChI=1S/C20H21N3O3S/c1-27(24,25)22-13-11-17(15-22)23-14-12-20(21-23)16-7-9-19(10-8-16)26-18-5-3-2-4-6-18/h2-10,12,14,17H,11,13,15H2,1H3. The predicted octanol–water partition coefficient (Wildman–Crippen LogP) is 3.55. The van der Waals surface area contributed by atoms with Crippen LogP contribution >= 0.6 is 0 Å². The lowest BCUT2D eigenvalue weighted by Gasteiger charge is -2.13. The highest BCUT2D eigenvalue weighted by molar-refractivity contribution is 7.88. The Morgan fingerprint density at radius 2 is 1.70 bits per heavy atom. The Hall–Kier alpha value is -2.64. The summed E-state index contributed by atoms with van der Waals surface area (Å²) in [5.41, 5.74) is 1.85. The maximum atomic E-state index is 11.7. The molecule has 0 spiro atoms. The lowest BCUT2D eigenvalue weighted by Crippen LogP contribution is -2.28. The molecule has 0 saturated carbocycles. The van der Waals surface area contributed by atoms with E-state index in [9.17, 15) is 8.42 Å². The van der Waals surface area contributed by atoms with Gasteiger partial charge in [0.05, 0.1) is 18.0 Å². The second kappa shape index (κ2) is 7.17. The first-order valence-corrected chi connectivity index (χ1v) is 10.7. The maximum absolute atomic E-state index is 11.7. The average Bonchev–Trinajstić information content (AvgIpc) is 3.32. The summed E-state index contributed by atoms with van der Waals surface area (Å²) in [4.78, 5) is 0. The van der Waals surface area contributed by atoms with E-state index in [1.807, 2.05) is 71.5 Å². The van der Waals surface area contributed by atoms with E-state index in [4.69, 9.17) is 4.74 Å². The van der Waals surface area contributed by atoms with Crippen molar-refractivity contribution in [1.82, 2.24) is 14.1 Å². The smallest absolute Gasteiger partial charge is 0.211 e. The number of sulfonamides is 1. The molecule has 0 amide bonds. The minimum atomic E-state index is -3.14. The van der Waals surface area contributed by atoms with Crippen LogP contribution in [-0.2, 0) is 10.0 Å². The Kier molecular flexibility index (Phi) is 4.72. The topological polar surface area (TPSA) is 64.4 Å². The van der Waals surface area contributed by atoms with Crippen LogP contribution in [0.2, 0.25) is 0 Å². The van der Waals surface area contributed by atoms with Gasteiger partial charge in [-0.1, -0.05) is 18.2 Å². The second-order valence-electron chi connectivity index (χ2n) is 6.68. The van der Waals surface area contributed by atoms with Crippen LogP contribution in [-0.4, -0.2) is 41.8 Å². The van der Waals surface area contributed by atoms with Crippen LogP contribution in [0.1, 0.15) is 12.5 Å². The van der Waals surface area contributed by atoms with Gasteiger partial charge < -0.3 is 4.74 Å². The van der Waals surface area contributed by atoms with Gasteiger partial charge in [0, 0.05) is 24.8 Å². The van der Waals surface area contributed by atoms with E-state index >= 15 is 0 Å². The Morgan fingerprint density at radius 1 is 1.00 bits per heavy atom. The number of hydrogen-bond donors (Lipinski definition) is 0. The molecule has 3 aromatic rings. The van der Waals surface area contributed by atoms with Crippen molar-refractivity contribution in [3.8, 4) is 22.8 Å². The van der Waals surface area contributed by atoms with E-state index in [2.05, 4.69) is 5.10 Å². The quantitative estimate of drug-likeness (QED) is 0.676. The summed E-state index contributed by atoms with van der Waals surface area (Å²) in [6.45, 7) is 1.02. The zero-order valence-electron chi connectivity index (χ0n) is 15.0. The van der Waals surface area contributed by atoms with Gasteiger partial charge in [-0.3, -0.25) is 4.68 Å². The molecule has 1 aromatic heterocycles. The summed E-state index contributed by atoms with van der Waals surface area (Å²) < 4.78 is 32.6. The first kappa shape index (κ1) is 17.8. The molecule has 1 saturated heterocycles. The summed E-state index contributed by atoms with van der Waals surface area (Å²) in [5.74, 6) is 1.56. The normalized spacial score (nSPS) is 17.9. The van der Waals surface area contributed by atoms with Crippen molar-refractivity contribution in [1.29, 1.82) is 0 Å². The molecule has 6 nitrogen and oxygen atoms in total. The Labute approximate surface area is 159 Å². The van der Waals surface area contributed by atoms with Crippen LogP contribution in [0, 0.1) is 0 Å². The molecular weight excluding hydrogens is 362 g/mol. The fourth-order valence-electron chi connectivity index (χ4n) is 3.24. The number of nitrogens with zero attached hydrogens (tertiary/aromatic N) is 3. The third-order valence-electron chi connectivity index (χ3n) is 4.71. The average molecular weight is 383 g/mol. The molecule has 1 atom stereocenters. The van der Waals surface area contributed by atoms with Crippen molar-refractivity contribution in [3.63, 3.8) is 0 Å². The molecule has 1 unspecified atom stereocenters. The highest BCUT2D eigenvalue weighted by Gasteiger charge is 2.30. The molecule has 0 N–H and O–H groups in total. The number of aromatic nitrogens is 2. The predicted molar refractivity (Wildman–Crippen MR) is 104 cm³/mol. The summed E-state index contributed by atoms with van der Waals surface area (Å²) in [6.07, 6.45) is 3.95. The molecule has 27 heavy (non-hydrogen) atoms. The van der Waals surface area contributed by atoms with Gasteiger partial charge in [-0.25, -0.2) is 8.42 Å². The van der Waals surface area contributed by atoms with Crippen LogP contribution in [0.3, 0.4) is 0 Å². The van der Waals surface area contributed by atoms with Crippen molar-refractivity contribution in [2.75, 3.05) is 19.3 Å². The summed E-state index contributed by atoms with van der Waals surface area (Å²) in [5, 5.41) is 4.65.